The van der Waals surface area contributed by atoms with Gasteiger partial charge in [-0.3, -0.25) is 0 Å². The Bertz CT molecular complexity index is 281. The third kappa shape index (κ3) is 3.27. The van der Waals surface area contributed by atoms with Gasteiger partial charge in [-0.05, 0) is 30.9 Å². The van der Waals surface area contributed by atoms with E-state index in [-0.39, 0.29) is 0 Å². The Morgan fingerprint density at radius 1 is 1.00 bits per heavy atom. The van der Waals surface area contributed by atoms with Crippen LogP contribution >= 0.6 is 11.8 Å². The Balaban J connectivity index is 1.97. The van der Waals surface area contributed by atoms with Crippen molar-refractivity contribution in [2.24, 2.45) is 5.92 Å². The van der Waals surface area contributed by atoms with Gasteiger partial charge in [-0.15, -0.1) is 11.8 Å². The largest absolute Gasteiger partial charge is 0.122 e. The fourth-order valence-electron chi connectivity index (χ4n) is 2.31. The van der Waals surface area contributed by atoms with Crippen LogP contribution in [0.4, 0.5) is 0 Å². The van der Waals surface area contributed by atoms with Gasteiger partial charge >= 0.3 is 0 Å². The van der Waals surface area contributed by atoms with E-state index in [4.69, 9.17) is 0 Å². The van der Waals surface area contributed by atoms with Crippen molar-refractivity contribution >= 4 is 11.8 Å². The van der Waals surface area contributed by atoms with Gasteiger partial charge in [-0.1, -0.05) is 44.4 Å². The highest BCUT2D eigenvalue weighted by atomic mass is 32.2. The molecule has 0 aromatic heterocycles. The Labute approximate surface area is 97.5 Å². The highest BCUT2D eigenvalue weighted by Gasteiger charge is 2.20. The standard InChI is InChI=1S/C14H20S/c1-12-8-4-2-7-11-14(12)15-13-9-5-3-6-10-13/h3,5-6,9-10,12,14H,2,4,7-8,11H2,1H3/t12-,14-/m1/s1. The Kier molecular flexibility index (Phi) is 4.13. The van der Waals surface area contributed by atoms with Gasteiger partial charge in [-0.25, -0.2) is 0 Å². The Hall–Kier alpha value is -0.430. The zero-order chi connectivity index (χ0) is 10.5. The van der Waals surface area contributed by atoms with E-state index in [1.807, 2.05) is 0 Å². The molecular weight excluding hydrogens is 200 g/mol. The van der Waals surface area contributed by atoms with Crippen LogP contribution in [-0.4, -0.2) is 5.25 Å². The summed E-state index contributed by atoms with van der Waals surface area (Å²) in [6.07, 6.45) is 7.13. The molecule has 0 N–H and O–H groups in total. The minimum Gasteiger partial charge on any atom is -0.122 e. The molecule has 15 heavy (non-hydrogen) atoms. The molecule has 1 saturated carbocycles. The molecule has 0 aliphatic heterocycles. The number of rotatable bonds is 2. The monoisotopic (exact) mass is 220 g/mol. The molecule has 1 aromatic carbocycles. The van der Waals surface area contributed by atoms with Gasteiger partial charge in [0.1, 0.15) is 0 Å². The van der Waals surface area contributed by atoms with Crippen molar-refractivity contribution in [3.05, 3.63) is 30.3 Å². The van der Waals surface area contributed by atoms with E-state index in [1.165, 1.54) is 37.0 Å². The van der Waals surface area contributed by atoms with Crippen molar-refractivity contribution in [2.45, 2.75) is 49.2 Å². The minimum atomic E-state index is 0.842. The summed E-state index contributed by atoms with van der Waals surface area (Å²) in [7, 11) is 0. The van der Waals surface area contributed by atoms with E-state index >= 15 is 0 Å². The van der Waals surface area contributed by atoms with Crippen molar-refractivity contribution in [2.75, 3.05) is 0 Å². The van der Waals surface area contributed by atoms with Crippen LogP contribution < -0.4 is 0 Å². The molecule has 1 aromatic rings. The zero-order valence-electron chi connectivity index (χ0n) is 9.49. The van der Waals surface area contributed by atoms with Crippen LogP contribution in [0.3, 0.4) is 0 Å². The lowest BCUT2D eigenvalue weighted by Crippen LogP contribution is -2.11. The molecule has 1 aliphatic rings. The van der Waals surface area contributed by atoms with Crippen LogP contribution in [0.25, 0.3) is 0 Å². The quantitative estimate of drug-likeness (QED) is 0.648. The molecule has 0 unspecified atom stereocenters. The number of hydrogen-bond donors (Lipinski definition) is 0. The molecule has 0 radical (unpaired) electrons. The van der Waals surface area contributed by atoms with Crippen LogP contribution in [0, 0.1) is 5.92 Å². The first-order chi connectivity index (χ1) is 7.36. The predicted molar refractivity (Wildman–Crippen MR) is 68.3 cm³/mol. The summed E-state index contributed by atoms with van der Waals surface area (Å²) >= 11 is 2.09. The summed E-state index contributed by atoms with van der Waals surface area (Å²) in [6, 6.07) is 10.9. The van der Waals surface area contributed by atoms with E-state index in [1.54, 1.807) is 0 Å². The Morgan fingerprint density at radius 2 is 1.73 bits per heavy atom. The summed E-state index contributed by atoms with van der Waals surface area (Å²) in [6.45, 7) is 2.42. The third-order valence-corrected chi connectivity index (χ3v) is 4.86. The SMILES string of the molecule is C[C@@H]1CCCCC[C@H]1Sc1ccccc1. The maximum Gasteiger partial charge on any atom is 0.0120 e. The molecule has 1 aliphatic carbocycles. The topological polar surface area (TPSA) is 0 Å². The fourth-order valence-corrected chi connectivity index (χ4v) is 3.62. The highest BCUT2D eigenvalue weighted by molar-refractivity contribution is 8.00. The number of benzene rings is 1. The molecule has 1 fully saturated rings. The van der Waals surface area contributed by atoms with Gasteiger partial charge in [0.15, 0.2) is 0 Å². The Morgan fingerprint density at radius 3 is 2.53 bits per heavy atom. The molecule has 1 heteroatoms. The van der Waals surface area contributed by atoms with Crippen molar-refractivity contribution in [1.29, 1.82) is 0 Å². The highest BCUT2D eigenvalue weighted by Crippen LogP contribution is 2.35. The second kappa shape index (κ2) is 5.60. The van der Waals surface area contributed by atoms with Crippen molar-refractivity contribution in [3.63, 3.8) is 0 Å². The van der Waals surface area contributed by atoms with Crippen molar-refractivity contribution in [3.8, 4) is 0 Å². The molecule has 2 rings (SSSR count). The summed E-state index contributed by atoms with van der Waals surface area (Å²) in [4.78, 5) is 1.44. The maximum absolute atomic E-state index is 2.42. The lowest BCUT2D eigenvalue weighted by atomic mass is 10.0. The normalized spacial score (nSPS) is 27.3. The smallest absolute Gasteiger partial charge is 0.0120 e. The van der Waals surface area contributed by atoms with Gasteiger partial charge < -0.3 is 0 Å². The second-order valence-corrected chi connectivity index (χ2v) is 5.90. The van der Waals surface area contributed by atoms with Crippen LogP contribution in [0.5, 0.6) is 0 Å². The first kappa shape index (κ1) is 11.1. The third-order valence-electron chi connectivity index (χ3n) is 3.31. The lowest BCUT2D eigenvalue weighted by Gasteiger charge is -2.20. The average molecular weight is 220 g/mol. The van der Waals surface area contributed by atoms with E-state index in [0.717, 1.165) is 11.2 Å². The zero-order valence-corrected chi connectivity index (χ0v) is 10.3. The van der Waals surface area contributed by atoms with E-state index < -0.39 is 0 Å². The predicted octanol–water partition coefficient (Wildman–Crippen LogP) is 4.75. The second-order valence-electron chi connectivity index (χ2n) is 4.58. The first-order valence-electron chi connectivity index (χ1n) is 6.08. The van der Waals surface area contributed by atoms with Crippen LogP contribution in [0.1, 0.15) is 39.0 Å². The van der Waals surface area contributed by atoms with Gasteiger partial charge in [-0.2, -0.15) is 0 Å². The van der Waals surface area contributed by atoms with Gasteiger partial charge in [0.25, 0.3) is 0 Å². The molecule has 0 nitrogen and oxygen atoms in total. The minimum absolute atomic E-state index is 0.842. The lowest BCUT2D eigenvalue weighted by molar-refractivity contribution is 0.518. The van der Waals surface area contributed by atoms with Gasteiger partial charge in [0.2, 0.25) is 0 Å². The van der Waals surface area contributed by atoms with E-state index in [9.17, 15) is 0 Å². The molecule has 0 heterocycles. The number of hydrogen-bond acceptors (Lipinski definition) is 1. The summed E-state index contributed by atoms with van der Waals surface area (Å²) < 4.78 is 0. The fraction of sp³-hybridized carbons (Fsp3) is 0.571. The van der Waals surface area contributed by atoms with E-state index in [2.05, 4.69) is 49.0 Å². The van der Waals surface area contributed by atoms with Gasteiger partial charge in [0.05, 0.1) is 0 Å². The van der Waals surface area contributed by atoms with Crippen molar-refractivity contribution < 1.29 is 0 Å². The van der Waals surface area contributed by atoms with Crippen LogP contribution in [0.2, 0.25) is 0 Å². The molecule has 0 spiro atoms. The molecular formula is C14H20S. The molecule has 2 atom stereocenters. The van der Waals surface area contributed by atoms with Gasteiger partial charge in [0, 0.05) is 10.1 Å². The molecule has 0 saturated heterocycles. The molecule has 0 bridgehead atoms. The van der Waals surface area contributed by atoms with E-state index in [0.29, 0.717) is 0 Å². The van der Waals surface area contributed by atoms with Crippen LogP contribution in [0.15, 0.2) is 35.2 Å². The van der Waals surface area contributed by atoms with Crippen molar-refractivity contribution in [1.82, 2.24) is 0 Å². The maximum atomic E-state index is 2.42. The molecule has 0 amide bonds. The average Bonchev–Trinajstić information content (AvgIpc) is 2.46. The summed E-state index contributed by atoms with van der Waals surface area (Å²) in [5.41, 5.74) is 0. The first-order valence-corrected chi connectivity index (χ1v) is 6.96. The number of thioether (sulfide) groups is 1. The summed E-state index contributed by atoms with van der Waals surface area (Å²) in [5, 5.41) is 0.842. The molecule has 82 valence electrons. The van der Waals surface area contributed by atoms with Crippen LogP contribution in [-0.2, 0) is 0 Å². The summed E-state index contributed by atoms with van der Waals surface area (Å²) in [5.74, 6) is 0.887.